The van der Waals surface area contributed by atoms with Crippen molar-refractivity contribution in [3.05, 3.63) is 48.5 Å². The molecule has 0 bridgehead atoms. The first kappa shape index (κ1) is 17.3. The molecule has 2 saturated heterocycles. The highest BCUT2D eigenvalue weighted by Crippen LogP contribution is 2.33. The Morgan fingerprint density at radius 1 is 1.15 bits per heavy atom. The molecule has 0 saturated carbocycles. The third kappa shape index (κ3) is 4.35. The predicted octanol–water partition coefficient (Wildman–Crippen LogP) is 1.59. The second-order valence-corrected chi connectivity index (χ2v) is 7.10. The fourth-order valence-corrected chi connectivity index (χ4v) is 3.75. The lowest BCUT2D eigenvalue weighted by atomic mass is 9.94. The topological polar surface area (TPSA) is 72.4 Å². The van der Waals surface area contributed by atoms with Gasteiger partial charge in [0.25, 0.3) is 0 Å². The largest absolute Gasteiger partial charge is 0.377 e. The summed E-state index contributed by atoms with van der Waals surface area (Å²) in [5.41, 5.74) is 0.858. The first-order chi connectivity index (χ1) is 12.8. The normalized spacial score (nSPS) is 26.7. The van der Waals surface area contributed by atoms with E-state index in [1.807, 2.05) is 24.4 Å². The van der Waals surface area contributed by atoms with Crippen LogP contribution >= 0.6 is 0 Å². The van der Waals surface area contributed by atoms with Gasteiger partial charge in [-0.3, -0.25) is 9.88 Å². The van der Waals surface area contributed by atoms with E-state index in [-0.39, 0.29) is 5.60 Å². The van der Waals surface area contributed by atoms with Crippen LogP contribution in [-0.2, 0) is 16.0 Å². The van der Waals surface area contributed by atoms with Gasteiger partial charge in [-0.2, -0.15) is 0 Å². The van der Waals surface area contributed by atoms with Gasteiger partial charge in [0.2, 0.25) is 5.95 Å². The van der Waals surface area contributed by atoms with Crippen molar-refractivity contribution in [1.82, 2.24) is 19.9 Å². The minimum Gasteiger partial charge on any atom is -0.377 e. The molecule has 7 heteroatoms. The SMILES string of the molecule is c1ccc(CN2CCOCC3(CC(CNc4ncccn4)CO3)C2)nc1. The third-order valence-electron chi connectivity index (χ3n) is 4.94. The fourth-order valence-electron chi connectivity index (χ4n) is 3.75. The molecule has 0 aromatic carbocycles. The van der Waals surface area contributed by atoms with E-state index in [9.17, 15) is 0 Å². The minimum absolute atomic E-state index is 0.227. The molecular weight excluding hydrogens is 330 g/mol. The number of nitrogens with zero attached hydrogens (tertiary/aromatic N) is 4. The molecule has 0 radical (unpaired) electrons. The van der Waals surface area contributed by atoms with Gasteiger partial charge in [-0.1, -0.05) is 6.07 Å². The van der Waals surface area contributed by atoms with Crippen LogP contribution in [0.15, 0.2) is 42.9 Å². The lowest BCUT2D eigenvalue weighted by Crippen LogP contribution is -2.44. The second kappa shape index (κ2) is 8.07. The van der Waals surface area contributed by atoms with Gasteiger partial charge in [0.15, 0.2) is 0 Å². The highest BCUT2D eigenvalue weighted by Gasteiger charge is 2.43. The second-order valence-electron chi connectivity index (χ2n) is 7.10. The molecule has 138 valence electrons. The van der Waals surface area contributed by atoms with Crippen molar-refractivity contribution in [3.63, 3.8) is 0 Å². The molecule has 0 aliphatic carbocycles. The van der Waals surface area contributed by atoms with Crippen molar-refractivity contribution in [1.29, 1.82) is 0 Å². The van der Waals surface area contributed by atoms with Crippen LogP contribution < -0.4 is 5.32 Å². The van der Waals surface area contributed by atoms with E-state index in [4.69, 9.17) is 9.47 Å². The molecule has 4 heterocycles. The predicted molar refractivity (Wildman–Crippen MR) is 97.6 cm³/mol. The van der Waals surface area contributed by atoms with E-state index < -0.39 is 0 Å². The average Bonchev–Trinajstić information content (AvgIpc) is 2.97. The number of aromatic nitrogens is 3. The maximum Gasteiger partial charge on any atom is 0.222 e. The molecule has 2 aliphatic rings. The molecule has 7 nitrogen and oxygen atoms in total. The van der Waals surface area contributed by atoms with Crippen molar-refractivity contribution < 1.29 is 9.47 Å². The zero-order valence-corrected chi connectivity index (χ0v) is 14.9. The quantitative estimate of drug-likeness (QED) is 0.873. The van der Waals surface area contributed by atoms with Crippen LogP contribution in [0.5, 0.6) is 0 Å². The Labute approximate surface area is 153 Å². The van der Waals surface area contributed by atoms with E-state index in [1.54, 1.807) is 12.4 Å². The zero-order chi connectivity index (χ0) is 17.7. The number of pyridine rings is 1. The van der Waals surface area contributed by atoms with Crippen molar-refractivity contribution in [2.45, 2.75) is 18.6 Å². The molecule has 0 amide bonds. The highest BCUT2D eigenvalue weighted by atomic mass is 16.5. The van der Waals surface area contributed by atoms with Crippen LogP contribution in [0.4, 0.5) is 5.95 Å². The molecule has 1 spiro atoms. The van der Waals surface area contributed by atoms with E-state index in [2.05, 4.69) is 31.2 Å². The standard InChI is InChI=1S/C19H25N5O2/c1-2-5-20-17(4-1)12-24-8-9-25-15-19(14-24)10-16(13-26-19)11-23-18-21-6-3-7-22-18/h1-7,16H,8-15H2,(H,21,22,23). The number of anilines is 1. The van der Waals surface area contributed by atoms with Gasteiger partial charge in [-0.25, -0.2) is 9.97 Å². The maximum absolute atomic E-state index is 6.26. The average molecular weight is 355 g/mol. The number of rotatable bonds is 5. The Morgan fingerprint density at radius 2 is 2.04 bits per heavy atom. The van der Waals surface area contributed by atoms with Crippen molar-refractivity contribution in [2.75, 3.05) is 44.8 Å². The summed E-state index contributed by atoms with van der Waals surface area (Å²) in [5, 5.41) is 3.31. The van der Waals surface area contributed by atoms with Gasteiger partial charge in [-0.05, 0) is 24.6 Å². The van der Waals surface area contributed by atoms with Crippen LogP contribution in [0.2, 0.25) is 0 Å². The number of hydrogen-bond donors (Lipinski definition) is 1. The Hall–Kier alpha value is -2.09. The maximum atomic E-state index is 6.26. The van der Waals surface area contributed by atoms with Gasteiger partial charge in [0.1, 0.15) is 5.60 Å². The Morgan fingerprint density at radius 3 is 2.88 bits per heavy atom. The Kier molecular flexibility index (Phi) is 5.38. The Balaban J connectivity index is 1.34. The summed E-state index contributed by atoms with van der Waals surface area (Å²) in [6.45, 7) is 5.55. The lowest BCUT2D eigenvalue weighted by Gasteiger charge is -2.31. The van der Waals surface area contributed by atoms with E-state index in [1.165, 1.54) is 0 Å². The van der Waals surface area contributed by atoms with Crippen molar-refractivity contribution in [2.24, 2.45) is 5.92 Å². The minimum atomic E-state index is -0.227. The van der Waals surface area contributed by atoms with E-state index >= 15 is 0 Å². The van der Waals surface area contributed by atoms with Crippen LogP contribution in [0, 0.1) is 5.92 Å². The molecule has 2 aromatic rings. The first-order valence-corrected chi connectivity index (χ1v) is 9.16. The van der Waals surface area contributed by atoms with Gasteiger partial charge in [0.05, 0.1) is 25.5 Å². The van der Waals surface area contributed by atoms with Crippen LogP contribution in [0.1, 0.15) is 12.1 Å². The van der Waals surface area contributed by atoms with Crippen molar-refractivity contribution >= 4 is 5.95 Å². The number of nitrogens with one attached hydrogen (secondary N) is 1. The van der Waals surface area contributed by atoms with Gasteiger partial charge in [0, 0.05) is 50.7 Å². The number of hydrogen-bond acceptors (Lipinski definition) is 7. The van der Waals surface area contributed by atoms with Gasteiger partial charge in [-0.15, -0.1) is 0 Å². The fraction of sp³-hybridized carbons (Fsp3) is 0.526. The van der Waals surface area contributed by atoms with Gasteiger partial charge >= 0.3 is 0 Å². The van der Waals surface area contributed by atoms with Gasteiger partial charge < -0.3 is 14.8 Å². The third-order valence-corrected chi connectivity index (χ3v) is 4.94. The summed E-state index contributed by atoms with van der Waals surface area (Å²) in [7, 11) is 0. The summed E-state index contributed by atoms with van der Waals surface area (Å²) in [5.74, 6) is 1.10. The van der Waals surface area contributed by atoms with Crippen LogP contribution in [0.3, 0.4) is 0 Å². The number of ether oxygens (including phenoxy) is 2. The molecular formula is C19H25N5O2. The molecule has 26 heavy (non-hydrogen) atoms. The molecule has 1 N–H and O–H groups in total. The zero-order valence-electron chi connectivity index (χ0n) is 14.9. The summed E-state index contributed by atoms with van der Waals surface area (Å²) < 4.78 is 12.1. The first-order valence-electron chi connectivity index (χ1n) is 9.16. The summed E-state index contributed by atoms with van der Waals surface area (Å²) in [4.78, 5) is 15.3. The highest BCUT2D eigenvalue weighted by molar-refractivity contribution is 5.22. The Bertz CT molecular complexity index is 687. The van der Waals surface area contributed by atoms with Crippen LogP contribution in [0.25, 0.3) is 0 Å². The molecule has 2 unspecified atom stereocenters. The monoisotopic (exact) mass is 355 g/mol. The lowest BCUT2D eigenvalue weighted by molar-refractivity contribution is -0.0563. The molecule has 2 atom stereocenters. The molecule has 2 fully saturated rings. The summed E-state index contributed by atoms with van der Waals surface area (Å²) in [6.07, 6.45) is 6.32. The smallest absolute Gasteiger partial charge is 0.222 e. The molecule has 2 aromatic heterocycles. The molecule has 2 aliphatic heterocycles. The van der Waals surface area contributed by atoms with E-state index in [0.29, 0.717) is 18.5 Å². The summed E-state index contributed by atoms with van der Waals surface area (Å²) in [6, 6.07) is 7.87. The van der Waals surface area contributed by atoms with Crippen molar-refractivity contribution in [3.8, 4) is 0 Å². The van der Waals surface area contributed by atoms with E-state index in [0.717, 1.165) is 51.5 Å². The van der Waals surface area contributed by atoms with Crippen LogP contribution in [-0.4, -0.2) is 64.9 Å². The molecule has 4 rings (SSSR count). The summed E-state index contributed by atoms with van der Waals surface area (Å²) >= 11 is 0.